The van der Waals surface area contributed by atoms with Gasteiger partial charge in [0.05, 0.1) is 10.6 Å². The Balaban J connectivity index is 1.64. The van der Waals surface area contributed by atoms with Crippen LogP contribution in [0.15, 0.2) is 46.8 Å². The molecule has 3 rings (SSSR count). The fourth-order valence-corrected chi connectivity index (χ4v) is 4.26. The molecule has 0 radical (unpaired) electrons. The minimum Gasteiger partial charge on any atom is -0.296 e. The Labute approximate surface area is 159 Å². The van der Waals surface area contributed by atoms with Crippen LogP contribution in [0, 0.1) is 13.8 Å². The number of anilines is 1. The number of halogens is 1. The molecule has 128 valence electrons. The molecule has 0 unspecified atom stereocenters. The smallest absolute Gasteiger partial charge is 0.259 e. The lowest BCUT2D eigenvalue weighted by atomic mass is 10.1. The highest BCUT2D eigenvalue weighted by Crippen LogP contribution is 2.30. The van der Waals surface area contributed by atoms with Gasteiger partial charge < -0.3 is 0 Å². The molecule has 4 nitrogen and oxygen atoms in total. The molecule has 1 heterocycles. The van der Waals surface area contributed by atoms with Crippen molar-refractivity contribution in [2.24, 2.45) is 0 Å². The molecule has 0 atom stereocenters. The quantitative estimate of drug-likeness (QED) is 0.471. The number of benzene rings is 2. The van der Waals surface area contributed by atoms with Gasteiger partial charge in [-0.25, -0.2) is 0 Å². The molecule has 1 aromatic heterocycles. The number of amides is 1. The number of aromatic nitrogens is 2. The van der Waals surface area contributed by atoms with Crippen molar-refractivity contribution in [3.63, 3.8) is 0 Å². The molecule has 7 heteroatoms. The summed E-state index contributed by atoms with van der Waals surface area (Å²) in [5, 5.41) is 11.8. The molecule has 1 amide bonds. The van der Waals surface area contributed by atoms with Crippen LogP contribution in [0.4, 0.5) is 5.13 Å². The second-order valence-electron chi connectivity index (χ2n) is 5.53. The second-order valence-corrected chi connectivity index (χ2v) is 8.13. The third kappa shape index (κ3) is 4.60. The summed E-state index contributed by atoms with van der Waals surface area (Å²) in [7, 11) is 0. The molecule has 0 saturated heterocycles. The van der Waals surface area contributed by atoms with Crippen molar-refractivity contribution in [3.8, 4) is 0 Å². The Kier molecular flexibility index (Phi) is 5.73. The van der Waals surface area contributed by atoms with Crippen LogP contribution in [-0.4, -0.2) is 16.1 Å². The van der Waals surface area contributed by atoms with Crippen LogP contribution in [0.3, 0.4) is 0 Å². The topological polar surface area (TPSA) is 54.9 Å². The van der Waals surface area contributed by atoms with Gasteiger partial charge in [-0.05, 0) is 37.1 Å². The van der Waals surface area contributed by atoms with E-state index in [2.05, 4.69) is 47.6 Å². The third-order valence-corrected chi connectivity index (χ3v) is 5.95. The molecule has 25 heavy (non-hydrogen) atoms. The third-order valence-electron chi connectivity index (χ3n) is 3.60. The zero-order chi connectivity index (χ0) is 17.8. The summed E-state index contributed by atoms with van der Waals surface area (Å²) in [6.07, 6.45) is 0. The van der Waals surface area contributed by atoms with Crippen molar-refractivity contribution < 1.29 is 4.79 Å². The van der Waals surface area contributed by atoms with Gasteiger partial charge in [0.1, 0.15) is 0 Å². The van der Waals surface area contributed by atoms with Gasteiger partial charge in [-0.3, -0.25) is 10.1 Å². The lowest BCUT2D eigenvalue weighted by molar-refractivity contribution is 0.102. The number of aryl methyl sites for hydroxylation is 2. The van der Waals surface area contributed by atoms with E-state index in [1.807, 2.05) is 0 Å². The Morgan fingerprint density at radius 1 is 1.20 bits per heavy atom. The van der Waals surface area contributed by atoms with E-state index in [1.165, 1.54) is 28.0 Å². The predicted octanol–water partition coefficient (Wildman–Crippen LogP) is 5.35. The number of hydrogen-bond acceptors (Lipinski definition) is 5. The molecule has 1 N–H and O–H groups in total. The van der Waals surface area contributed by atoms with E-state index in [9.17, 15) is 4.79 Å². The molecule has 0 saturated carbocycles. The first kappa shape index (κ1) is 17.9. The summed E-state index contributed by atoms with van der Waals surface area (Å²) < 4.78 is 0.815. The van der Waals surface area contributed by atoms with E-state index in [-0.39, 0.29) is 5.91 Å². The molecular formula is C18H16ClN3OS2. The van der Waals surface area contributed by atoms with Crippen LogP contribution < -0.4 is 5.32 Å². The molecule has 0 bridgehead atoms. The van der Waals surface area contributed by atoms with Crippen molar-refractivity contribution >= 4 is 45.7 Å². The molecule has 0 aliphatic rings. The maximum atomic E-state index is 12.2. The van der Waals surface area contributed by atoms with Gasteiger partial charge in [-0.1, -0.05) is 70.6 Å². The van der Waals surface area contributed by atoms with Crippen molar-refractivity contribution in [1.29, 1.82) is 0 Å². The van der Waals surface area contributed by atoms with Crippen molar-refractivity contribution in [2.45, 2.75) is 23.9 Å². The Morgan fingerprint density at radius 3 is 2.80 bits per heavy atom. The highest BCUT2D eigenvalue weighted by molar-refractivity contribution is 8.00. The first-order valence-corrected chi connectivity index (χ1v) is 9.79. The average Bonchev–Trinajstić information content (AvgIpc) is 3.03. The normalized spacial score (nSPS) is 10.7. The first-order valence-electron chi connectivity index (χ1n) is 7.61. The molecule has 0 spiro atoms. The summed E-state index contributed by atoms with van der Waals surface area (Å²) in [6, 6.07) is 13.3. The van der Waals surface area contributed by atoms with Crippen LogP contribution in [-0.2, 0) is 5.75 Å². The monoisotopic (exact) mass is 389 g/mol. The zero-order valence-corrected chi connectivity index (χ0v) is 16.1. The van der Waals surface area contributed by atoms with E-state index in [0.717, 1.165) is 10.1 Å². The molecule has 0 fully saturated rings. The highest BCUT2D eigenvalue weighted by Gasteiger charge is 2.13. The van der Waals surface area contributed by atoms with Crippen LogP contribution in [0.1, 0.15) is 27.0 Å². The standard InChI is InChI=1S/C18H16ClN3OS2/c1-11-7-8-12(2)13(9-11)10-24-18-22-21-17(25-18)20-16(23)14-5-3-4-6-15(14)19/h3-9H,10H2,1-2H3,(H,20,21,23). The van der Waals surface area contributed by atoms with Crippen molar-refractivity contribution in [1.82, 2.24) is 10.2 Å². The minimum absolute atomic E-state index is 0.284. The zero-order valence-electron chi connectivity index (χ0n) is 13.7. The maximum Gasteiger partial charge on any atom is 0.259 e. The first-order chi connectivity index (χ1) is 12.0. The fraction of sp³-hybridized carbons (Fsp3) is 0.167. The van der Waals surface area contributed by atoms with Crippen LogP contribution >= 0.6 is 34.7 Å². The SMILES string of the molecule is Cc1ccc(C)c(CSc2nnc(NC(=O)c3ccccc3Cl)s2)c1. The van der Waals surface area contributed by atoms with E-state index in [1.54, 1.807) is 36.0 Å². The molecule has 0 aliphatic heterocycles. The lowest BCUT2D eigenvalue weighted by Gasteiger charge is -2.05. The van der Waals surface area contributed by atoms with E-state index in [0.29, 0.717) is 15.7 Å². The number of carbonyl (C=O) groups excluding carboxylic acids is 1. The van der Waals surface area contributed by atoms with Gasteiger partial charge in [0.2, 0.25) is 5.13 Å². The van der Waals surface area contributed by atoms with Crippen molar-refractivity contribution in [2.75, 3.05) is 5.32 Å². The minimum atomic E-state index is -0.284. The number of thioether (sulfide) groups is 1. The summed E-state index contributed by atoms with van der Waals surface area (Å²) in [5.74, 6) is 0.536. The number of carbonyl (C=O) groups is 1. The number of rotatable bonds is 5. The molecule has 3 aromatic rings. The van der Waals surface area contributed by atoms with E-state index < -0.39 is 0 Å². The van der Waals surface area contributed by atoms with Gasteiger partial charge in [0, 0.05) is 5.75 Å². The summed E-state index contributed by atoms with van der Waals surface area (Å²) in [5.41, 5.74) is 4.20. The van der Waals surface area contributed by atoms with Crippen LogP contribution in [0.25, 0.3) is 0 Å². The number of hydrogen-bond donors (Lipinski definition) is 1. The maximum absolute atomic E-state index is 12.2. The number of nitrogens with one attached hydrogen (secondary N) is 1. The van der Waals surface area contributed by atoms with E-state index in [4.69, 9.17) is 11.6 Å². The van der Waals surface area contributed by atoms with Gasteiger partial charge in [0.25, 0.3) is 5.91 Å². The average molecular weight is 390 g/mol. The highest BCUT2D eigenvalue weighted by atomic mass is 35.5. The molecular weight excluding hydrogens is 374 g/mol. The predicted molar refractivity (Wildman–Crippen MR) is 105 cm³/mol. The van der Waals surface area contributed by atoms with Crippen molar-refractivity contribution in [3.05, 3.63) is 69.7 Å². The number of nitrogens with zero attached hydrogens (tertiary/aromatic N) is 2. The summed E-state index contributed by atoms with van der Waals surface area (Å²) >= 11 is 9.01. The Bertz CT molecular complexity index is 911. The Hall–Kier alpha value is -1.89. The van der Waals surface area contributed by atoms with Gasteiger partial charge in [-0.15, -0.1) is 10.2 Å². The van der Waals surface area contributed by atoms with E-state index >= 15 is 0 Å². The van der Waals surface area contributed by atoms with Gasteiger partial charge in [-0.2, -0.15) is 0 Å². The van der Waals surface area contributed by atoms with Gasteiger partial charge in [0.15, 0.2) is 4.34 Å². The molecule has 2 aromatic carbocycles. The second kappa shape index (κ2) is 7.99. The fourth-order valence-electron chi connectivity index (χ4n) is 2.22. The lowest BCUT2D eigenvalue weighted by Crippen LogP contribution is -2.12. The van der Waals surface area contributed by atoms with Crippen LogP contribution in [0.5, 0.6) is 0 Å². The summed E-state index contributed by atoms with van der Waals surface area (Å²) in [6.45, 7) is 4.19. The van der Waals surface area contributed by atoms with Crippen LogP contribution in [0.2, 0.25) is 5.02 Å². The largest absolute Gasteiger partial charge is 0.296 e. The Morgan fingerprint density at radius 2 is 2.00 bits per heavy atom. The summed E-state index contributed by atoms with van der Waals surface area (Å²) in [4.78, 5) is 12.2. The molecule has 0 aliphatic carbocycles. The van der Waals surface area contributed by atoms with Gasteiger partial charge >= 0.3 is 0 Å².